The molecule has 0 aliphatic carbocycles. The van der Waals surface area contributed by atoms with Gasteiger partial charge < -0.3 is 61.7 Å². The Morgan fingerprint density at radius 3 is 2.35 bits per heavy atom. The number of aromatic nitrogens is 2. The third-order valence-electron chi connectivity index (χ3n) is 5.07. The Kier molecular flexibility index (Phi) is 11.0. The molecule has 0 saturated carbocycles. The summed E-state index contributed by atoms with van der Waals surface area (Å²) in [7, 11) is 0. The van der Waals surface area contributed by atoms with E-state index in [2.05, 4.69) is 10.5 Å². The molecule has 1 aromatic rings. The quantitative estimate of drug-likeness (QED) is 0.118. The van der Waals surface area contributed by atoms with E-state index in [1.165, 1.54) is 0 Å². The number of hydrogen-bond acceptors (Lipinski definition) is 14. The van der Waals surface area contributed by atoms with Gasteiger partial charge in [0.25, 0.3) is 5.56 Å². The fraction of sp³-hybridized carbons (Fsp3) is 0.529. The van der Waals surface area contributed by atoms with E-state index in [1.54, 1.807) is 10.3 Å². The molecule has 1 saturated heterocycles. The van der Waals surface area contributed by atoms with Crippen LogP contribution in [0, 0.1) is 0 Å². The number of aliphatic hydroxyl groups is 3. The average Bonchev–Trinajstić information content (AvgIpc) is 3.08. The Morgan fingerprint density at radius 2 is 1.84 bits per heavy atom. The fourth-order valence-electron chi connectivity index (χ4n) is 3.19. The van der Waals surface area contributed by atoms with Gasteiger partial charge in [-0.15, -0.1) is 0 Å². The number of carbonyl (C=O) groups excluding carboxylic acids is 3. The minimum Gasteiger partial charge on any atom is -0.848 e. The normalized spacial score (nSPS) is 24.1. The maximum absolute atomic E-state index is 12.3. The van der Waals surface area contributed by atoms with Gasteiger partial charge in [0.2, 0.25) is 5.91 Å². The number of nitrogens with two attached hydrogens (primary N) is 2. The number of aliphatic hydroxyl groups excluding tert-OH is 3. The maximum atomic E-state index is 12.3. The van der Waals surface area contributed by atoms with Crippen molar-refractivity contribution in [2.45, 2.75) is 48.8 Å². The topological polar surface area (TPSA) is 333 Å². The molecule has 2 heterocycles. The molecule has 8 atom stereocenters. The molecule has 20 heteroatoms. The van der Waals surface area contributed by atoms with Crippen LogP contribution in [0.2, 0.25) is 0 Å². The number of hydrogen-bond donors (Lipinski definition) is 8. The number of aromatic amines is 1. The van der Waals surface area contributed by atoms with Crippen LogP contribution >= 0.6 is 0 Å². The van der Waals surface area contributed by atoms with Gasteiger partial charge >= 0.3 is 37.2 Å². The summed E-state index contributed by atoms with van der Waals surface area (Å²) in [5.74, 6) is -5.34. The van der Waals surface area contributed by atoms with Gasteiger partial charge in [-0.1, -0.05) is 6.10 Å². The molecule has 10 N–H and O–H groups in total. The Balaban J connectivity index is 0.00000684. The number of carboxylic acid groups (broad SMARTS) is 2. The van der Waals surface area contributed by atoms with Gasteiger partial charge in [-0.25, -0.2) is 14.4 Å². The predicted octanol–water partition coefficient (Wildman–Crippen LogP) is -8.40. The van der Waals surface area contributed by atoms with Gasteiger partial charge in [0.05, 0.1) is 24.7 Å². The van der Waals surface area contributed by atoms with Gasteiger partial charge in [-0.3, -0.25) is 19.1 Å². The molecule has 0 bridgehead atoms. The van der Waals surface area contributed by atoms with Gasteiger partial charge in [-0.2, -0.15) is 0 Å². The monoisotopic (exact) mass is 583 g/mol. The van der Waals surface area contributed by atoms with Gasteiger partial charge in [0.15, 0.2) is 6.23 Å². The fourth-order valence-corrected chi connectivity index (χ4v) is 3.19. The molecule has 200 valence electrons. The number of nitrogens with one attached hydrogen (secondary N) is 2. The summed E-state index contributed by atoms with van der Waals surface area (Å²) in [6.07, 6.45) is -13.5. The molecule has 1 fully saturated rings. The minimum absolute atomic E-state index is 0. The zero-order chi connectivity index (χ0) is 27.5. The largest absolute Gasteiger partial charge is 2.00 e. The van der Waals surface area contributed by atoms with Crippen LogP contribution in [0.5, 0.6) is 0 Å². The van der Waals surface area contributed by atoms with Crippen LogP contribution in [-0.2, 0) is 38.5 Å². The number of ether oxygens (including phenoxy) is 2. The number of aromatic carboxylic acids is 1. The van der Waals surface area contributed by atoms with E-state index in [0.29, 0.717) is 10.8 Å². The predicted molar refractivity (Wildman–Crippen MR) is 104 cm³/mol. The first-order chi connectivity index (χ1) is 16.7. The van der Waals surface area contributed by atoms with E-state index in [1.807, 2.05) is 0 Å². The van der Waals surface area contributed by atoms with Crippen LogP contribution in [-0.4, -0.2) is 103 Å². The van der Waals surface area contributed by atoms with Crippen LogP contribution < -0.4 is 38.2 Å². The molecule has 1 aromatic heterocycles. The Labute approximate surface area is 217 Å². The van der Waals surface area contributed by atoms with Crippen LogP contribution in [0.1, 0.15) is 16.6 Å². The number of aliphatic carboxylic acids is 1. The Morgan fingerprint density at radius 1 is 1.24 bits per heavy atom. The van der Waals surface area contributed by atoms with Crippen molar-refractivity contribution in [3.8, 4) is 0 Å². The minimum atomic E-state index is -2.30. The number of H-pyrrole nitrogens is 1. The summed E-state index contributed by atoms with van der Waals surface area (Å²) in [6, 6.07) is -4.39. The molecule has 2 amide bonds. The molecule has 0 spiro atoms. The number of carboxylic acids is 2. The van der Waals surface area contributed by atoms with E-state index in [4.69, 9.17) is 15.6 Å². The summed E-state index contributed by atoms with van der Waals surface area (Å²) in [6.45, 7) is -0.980. The number of amides is 2. The van der Waals surface area contributed by atoms with Crippen molar-refractivity contribution in [3.05, 3.63) is 32.6 Å². The molecule has 1 aliphatic heterocycles. The first-order valence-corrected chi connectivity index (χ1v) is 9.80. The molecule has 0 radical (unpaired) electrons. The van der Waals surface area contributed by atoms with Crippen molar-refractivity contribution >= 4 is 23.9 Å². The van der Waals surface area contributed by atoms with Crippen molar-refractivity contribution in [1.82, 2.24) is 14.9 Å². The van der Waals surface area contributed by atoms with E-state index in [-0.39, 0.29) is 19.5 Å². The zero-order valence-corrected chi connectivity index (χ0v) is 21.6. The second-order valence-corrected chi connectivity index (χ2v) is 7.48. The molecule has 0 aromatic carbocycles. The summed E-state index contributed by atoms with van der Waals surface area (Å²) in [5.41, 5.74) is 6.57. The summed E-state index contributed by atoms with van der Waals surface area (Å²) >= 11 is 0. The van der Waals surface area contributed by atoms with Gasteiger partial charge in [-0.05, 0) is 0 Å². The van der Waals surface area contributed by atoms with Crippen molar-refractivity contribution < 1.29 is 78.8 Å². The van der Waals surface area contributed by atoms with Gasteiger partial charge in [0.1, 0.15) is 29.9 Å². The molecular weight excluding hydrogens is 564 g/mol. The first-order valence-electron chi connectivity index (χ1n) is 9.80. The van der Waals surface area contributed by atoms with Crippen molar-refractivity contribution in [1.29, 1.82) is 0 Å². The van der Waals surface area contributed by atoms with Crippen LogP contribution in [0.25, 0.3) is 0 Å². The van der Waals surface area contributed by atoms with Crippen LogP contribution in [0.15, 0.2) is 15.8 Å². The molecular formula is C17H21N5O14Zn. The van der Waals surface area contributed by atoms with Crippen molar-refractivity contribution in [2.75, 3.05) is 6.61 Å². The molecule has 19 nitrogen and oxygen atoms in total. The third-order valence-corrected chi connectivity index (χ3v) is 5.07. The van der Waals surface area contributed by atoms with E-state index in [0.717, 1.165) is 0 Å². The summed E-state index contributed by atoms with van der Waals surface area (Å²) in [4.78, 5) is 71.0. The molecule has 0 unspecified atom stereocenters. The first kappa shape index (κ1) is 31.8. The number of primary amides is 1. The van der Waals surface area contributed by atoms with E-state index >= 15 is 0 Å². The number of rotatable bonds is 10. The summed E-state index contributed by atoms with van der Waals surface area (Å²) in [5, 5.41) is 64.7. The standard InChI is InChI=1S/C17H22N5O14.Zn/c18-5(7(24)4(23)2-35-16(19)33)12(28)20-6(15(31)32)10-8(25)9(26)13(36-10)22-1-3(14(29)30)11(27)21-17(22)34;/h1,4-10,13,24-26H,2,18H2,(H2,19,33)(H,20,28)(H,29,30)(H,31,32)(H,21,27,34);/q-1;+2/p-1/t4-,5-,6-,7+,8-,9+,10+,13+;/m0./s1. The number of carbonyl (C=O) groups is 4. The second kappa shape index (κ2) is 12.8. The number of nitrogens with zero attached hydrogens (tertiary/aromatic N) is 1. The summed E-state index contributed by atoms with van der Waals surface area (Å²) < 4.78 is 9.73. The van der Waals surface area contributed by atoms with Crippen molar-refractivity contribution in [2.24, 2.45) is 11.5 Å². The third kappa shape index (κ3) is 7.16. The van der Waals surface area contributed by atoms with Crippen molar-refractivity contribution in [3.63, 3.8) is 0 Å². The molecule has 1 aliphatic rings. The Hall–Kier alpha value is -3.26. The van der Waals surface area contributed by atoms with E-state index in [9.17, 15) is 54.3 Å². The smallest absolute Gasteiger partial charge is 0.848 e. The van der Waals surface area contributed by atoms with E-state index < -0.39 is 96.2 Å². The van der Waals surface area contributed by atoms with Crippen LogP contribution in [0.4, 0.5) is 4.79 Å². The average molecular weight is 585 g/mol. The maximum Gasteiger partial charge on any atom is 2.00 e. The second-order valence-electron chi connectivity index (χ2n) is 7.48. The van der Waals surface area contributed by atoms with Crippen LogP contribution in [0.3, 0.4) is 0 Å². The SMILES string of the molecule is NC(=O)OC[C@H]([O-])[C@@H](O)[C@H](N)C(=O)N[C@H](C(=O)[O-])[C@H]1O[C@@H](n2cc(C(=O)O)c(=O)[nH]c2=O)[C@H](O)[C@@H]1O.[Zn+2]. The zero-order valence-electron chi connectivity index (χ0n) is 18.6. The molecule has 37 heavy (non-hydrogen) atoms. The Bertz CT molecular complexity index is 1140. The molecule has 2 rings (SSSR count). The van der Waals surface area contributed by atoms with Gasteiger partial charge in [0, 0.05) is 6.20 Å².